The molecule has 0 bridgehead atoms. The summed E-state index contributed by atoms with van der Waals surface area (Å²) in [4.78, 5) is 14.6. The number of nitrogens with one attached hydrogen (secondary N) is 1. The summed E-state index contributed by atoms with van der Waals surface area (Å²) in [6, 6.07) is 1.83. The summed E-state index contributed by atoms with van der Waals surface area (Å²) in [5, 5.41) is 3.24. The highest BCUT2D eigenvalue weighted by Gasteiger charge is 1.95. The summed E-state index contributed by atoms with van der Waals surface area (Å²) in [6.07, 6.45) is 6.54. The first-order valence-electron chi connectivity index (χ1n) is 5.12. The highest BCUT2D eigenvalue weighted by Crippen LogP contribution is 2.13. The molecule has 1 aromatic rings. The van der Waals surface area contributed by atoms with Gasteiger partial charge in [-0.25, -0.2) is 4.98 Å². The molecule has 86 valence electrons. The molecule has 0 aromatic carbocycles. The van der Waals surface area contributed by atoms with E-state index < -0.39 is 0 Å². The summed E-state index contributed by atoms with van der Waals surface area (Å²) < 4.78 is 0. The SMILES string of the molecule is CC(=O)NCCC=Cc1cnc(Cl)cc1C. The van der Waals surface area contributed by atoms with E-state index in [1.165, 1.54) is 6.92 Å². The van der Waals surface area contributed by atoms with Crippen molar-refractivity contribution in [3.63, 3.8) is 0 Å². The highest BCUT2D eigenvalue weighted by atomic mass is 35.5. The Morgan fingerprint density at radius 3 is 3.00 bits per heavy atom. The number of hydrogen-bond acceptors (Lipinski definition) is 2. The fourth-order valence-corrected chi connectivity index (χ4v) is 1.46. The van der Waals surface area contributed by atoms with E-state index in [2.05, 4.69) is 10.3 Å². The fourth-order valence-electron chi connectivity index (χ4n) is 1.25. The van der Waals surface area contributed by atoms with E-state index in [0.29, 0.717) is 11.7 Å². The van der Waals surface area contributed by atoms with Crippen LogP contribution in [0.2, 0.25) is 5.15 Å². The Labute approximate surface area is 101 Å². The van der Waals surface area contributed by atoms with Crippen molar-refractivity contribution < 1.29 is 4.79 Å². The van der Waals surface area contributed by atoms with E-state index in [4.69, 9.17) is 11.6 Å². The van der Waals surface area contributed by atoms with E-state index in [9.17, 15) is 4.79 Å². The van der Waals surface area contributed by atoms with E-state index in [-0.39, 0.29) is 5.91 Å². The third-order valence-corrected chi connectivity index (χ3v) is 2.31. The first-order chi connectivity index (χ1) is 7.59. The molecule has 1 N–H and O–H groups in total. The van der Waals surface area contributed by atoms with Crippen molar-refractivity contribution in [2.45, 2.75) is 20.3 Å². The molecule has 1 rings (SSSR count). The second-order valence-electron chi connectivity index (χ2n) is 3.54. The minimum Gasteiger partial charge on any atom is -0.356 e. The van der Waals surface area contributed by atoms with Crippen LogP contribution in [0.1, 0.15) is 24.5 Å². The number of amides is 1. The van der Waals surface area contributed by atoms with Crippen LogP contribution in [0.25, 0.3) is 6.08 Å². The number of carbonyl (C=O) groups excluding carboxylic acids is 1. The average Bonchev–Trinajstić information content (AvgIpc) is 2.20. The minimum absolute atomic E-state index is 0.00209. The maximum atomic E-state index is 10.6. The van der Waals surface area contributed by atoms with Crippen molar-refractivity contribution in [2.75, 3.05) is 6.54 Å². The molecule has 4 heteroatoms. The quantitative estimate of drug-likeness (QED) is 0.647. The van der Waals surface area contributed by atoms with E-state index in [1.807, 2.05) is 25.1 Å². The summed E-state index contributed by atoms with van der Waals surface area (Å²) in [5.41, 5.74) is 2.14. The van der Waals surface area contributed by atoms with Gasteiger partial charge in [-0.1, -0.05) is 23.8 Å². The molecule has 0 aliphatic carbocycles. The van der Waals surface area contributed by atoms with Gasteiger partial charge in [-0.15, -0.1) is 0 Å². The van der Waals surface area contributed by atoms with Crippen molar-refractivity contribution in [1.29, 1.82) is 0 Å². The summed E-state index contributed by atoms with van der Waals surface area (Å²) in [7, 11) is 0. The topological polar surface area (TPSA) is 42.0 Å². The molecule has 0 spiro atoms. The standard InChI is InChI=1S/C12H15ClN2O/c1-9-7-12(13)15-8-11(9)5-3-4-6-14-10(2)16/h3,5,7-8H,4,6H2,1-2H3,(H,14,16). The molecule has 0 saturated heterocycles. The summed E-state index contributed by atoms with van der Waals surface area (Å²) >= 11 is 5.75. The molecule has 1 heterocycles. The summed E-state index contributed by atoms with van der Waals surface area (Å²) in [6.45, 7) is 4.16. The number of halogens is 1. The van der Waals surface area contributed by atoms with Crippen molar-refractivity contribution in [1.82, 2.24) is 10.3 Å². The van der Waals surface area contributed by atoms with Gasteiger partial charge in [-0.05, 0) is 30.5 Å². The first-order valence-corrected chi connectivity index (χ1v) is 5.50. The van der Waals surface area contributed by atoms with Crippen LogP contribution in [0, 0.1) is 6.92 Å². The maximum absolute atomic E-state index is 10.6. The zero-order valence-electron chi connectivity index (χ0n) is 9.46. The number of pyridine rings is 1. The highest BCUT2D eigenvalue weighted by molar-refractivity contribution is 6.29. The van der Waals surface area contributed by atoms with Gasteiger partial charge in [0.05, 0.1) is 0 Å². The molecule has 1 aromatic heterocycles. The second-order valence-corrected chi connectivity index (χ2v) is 3.92. The van der Waals surface area contributed by atoms with Gasteiger partial charge in [0.2, 0.25) is 5.91 Å². The molecule has 1 amide bonds. The van der Waals surface area contributed by atoms with Crippen LogP contribution in [0.4, 0.5) is 0 Å². The minimum atomic E-state index is -0.00209. The smallest absolute Gasteiger partial charge is 0.216 e. The van der Waals surface area contributed by atoms with Crippen molar-refractivity contribution in [2.24, 2.45) is 0 Å². The Kier molecular flexibility index (Phi) is 4.99. The van der Waals surface area contributed by atoms with Crippen molar-refractivity contribution in [3.8, 4) is 0 Å². The largest absolute Gasteiger partial charge is 0.356 e. The predicted octanol–water partition coefficient (Wildman–Crippen LogP) is 2.58. The zero-order valence-corrected chi connectivity index (χ0v) is 10.2. The number of nitrogens with zero attached hydrogens (tertiary/aromatic N) is 1. The maximum Gasteiger partial charge on any atom is 0.216 e. The Morgan fingerprint density at radius 2 is 2.38 bits per heavy atom. The molecule has 0 saturated carbocycles. The summed E-state index contributed by atoms with van der Waals surface area (Å²) in [5.74, 6) is -0.00209. The van der Waals surface area contributed by atoms with Gasteiger partial charge in [0.15, 0.2) is 0 Å². The van der Waals surface area contributed by atoms with Gasteiger partial charge < -0.3 is 5.32 Å². The molecule has 0 fully saturated rings. The number of carbonyl (C=O) groups is 1. The molecule has 3 nitrogen and oxygen atoms in total. The molecule has 0 unspecified atom stereocenters. The second kappa shape index (κ2) is 6.28. The van der Waals surface area contributed by atoms with Crippen LogP contribution in [0.5, 0.6) is 0 Å². The van der Waals surface area contributed by atoms with E-state index >= 15 is 0 Å². The van der Waals surface area contributed by atoms with Crippen LogP contribution in [-0.4, -0.2) is 17.4 Å². The van der Waals surface area contributed by atoms with Crippen LogP contribution < -0.4 is 5.32 Å². The molecular weight excluding hydrogens is 224 g/mol. The molecule has 16 heavy (non-hydrogen) atoms. The van der Waals surface area contributed by atoms with Gasteiger partial charge in [0.1, 0.15) is 5.15 Å². The molecular formula is C12H15ClN2O. The van der Waals surface area contributed by atoms with Crippen LogP contribution in [0.3, 0.4) is 0 Å². The van der Waals surface area contributed by atoms with Crippen molar-refractivity contribution >= 4 is 23.6 Å². The molecule has 0 atom stereocenters. The molecule has 0 aliphatic heterocycles. The molecule has 0 aliphatic rings. The van der Waals surface area contributed by atoms with Gasteiger partial charge in [-0.2, -0.15) is 0 Å². The fraction of sp³-hybridized carbons (Fsp3) is 0.333. The monoisotopic (exact) mass is 238 g/mol. The number of hydrogen-bond donors (Lipinski definition) is 1. The Bertz CT molecular complexity index is 402. The Morgan fingerprint density at radius 1 is 1.62 bits per heavy atom. The number of aromatic nitrogens is 1. The zero-order chi connectivity index (χ0) is 12.0. The third-order valence-electron chi connectivity index (χ3n) is 2.10. The van der Waals surface area contributed by atoms with Gasteiger partial charge in [0, 0.05) is 19.7 Å². The lowest BCUT2D eigenvalue weighted by Gasteiger charge is -2.00. The lowest BCUT2D eigenvalue weighted by atomic mass is 10.1. The average molecular weight is 239 g/mol. The van der Waals surface area contributed by atoms with Crippen LogP contribution >= 0.6 is 11.6 Å². The normalized spacial score (nSPS) is 10.7. The van der Waals surface area contributed by atoms with Crippen LogP contribution in [-0.2, 0) is 4.79 Å². The lowest BCUT2D eigenvalue weighted by molar-refractivity contribution is -0.118. The molecule has 0 radical (unpaired) electrons. The van der Waals surface area contributed by atoms with E-state index in [0.717, 1.165) is 17.5 Å². The van der Waals surface area contributed by atoms with Crippen LogP contribution in [0.15, 0.2) is 18.3 Å². The van der Waals surface area contributed by atoms with Gasteiger partial charge in [-0.3, -0.25) is 4.79 Å². The Hall–Kier alpha value is -1.35. The number of rotatable bonds is 4. The third kappa shape index (κ3) is 4.45. The van der Waals surface area contributed by atoms with Gasteiger partial charge >= 0.3 is 0 Å². The van der Waals surface area contributed by atoms with E-state index in [1.54, 1.807) is 6.20 Å². The lowest BCUT2D eigenvalue weighted by Crippen LogP contribution is -2.20. The van der Waals surface area contributed by atoms with Crippen molar-refractivity contribution in [3.05, 3.63) is 34.6 Å². The van der Waals surface area contributed by atoms with Gasteiger partial charge in [0.25, 0.3) is 0 Å². The Balaban J connectivity index is 2.47. The first kappa shape index (κ1) is 12.7. The predicted molar refractivity (Wildman–Crippen MR) is 66.3 cm³/mol. The number of aryl methyl sites for hydroxylation is 1.